The van der Waals surface area contributed by atoms with E-state index in [9.17, 15) is 10.2 Å². The summed E-state index contributed by atoms with van der Waals surface area (Å²) >= 11 is 0. The Morgan fingerprint density at radius 2 is 0.812 bits per heavy atom. The Morgan fingerprint density at radius 1 is 0.521 bits per heavy atom. The van der Waals surface area contributed by atoms with E-state index in [4.69, 9.17) is 9.98 Å². The van der Waals surface area contributed by atoms with E-state index in [-0.39, 0.29) is 33.7 Å². The highest BCUT2D eigenvalue weighted by molar-refractivity contribution is 5.86. The summed E-state index contributed by atoms with van der Waals surface area (Å²) in [6.45, 7) is 27.2. The largest absolute Gasteiger partial charge is 0.507 e. The molecule has 0 saturated heterocycles. The molecule has 0 spiro atoms. The Hall–Kier alpha value is -2.62. The van der Waals surface area contributed by atoms with Crippen LogP contribution >= 0.6 is 0 Å². The zero-order valence-corrected chi connectivity index (χ0v) is 32.9. The molecule has 2 atom stereocenters. The van der Waals surface area contributed by atoms with Crippen LogP contribution in [0.25, 0.3) is 0 Å². The van der Waals surface area contributed by atoms with Crippen LogP contribution in [0.15, 0.2) is 34.3 Å². The molecule has 0 aliphatic heterocycles. The molecule has 2 aromatic carbocycles. The second-order valence-corrected chi connectivity index (χ2v) is 16.0. The molecule has 3 rings (SSSR count). The molecule has 2 N–H and O–H groups in total. The van der Waals surface area contributed by atoms with Crippen molar-refractivity contribution in [3.8, 4) is 11.5 Å². The number of aromatic hydroxyl groups is 2. The molecule has 2 aromatic rings. The van der Waals surface area contributed by atoms with Gasteiger partial charge in [0.2, 0.25) is 0 Å². The number of nitrogens with zero attached hydrogens (tertiary/aromatic N) is 2. The van der Waals surface area contributed by atoms with Crippen LogP contribution in [0.3, 0.4) is 0 Å². The van der Waals surface area contributed by atoms with Crippen LogP contribution in [-0.4, -0.2) is 34.7 Å². The number of phenolic OH excluding ortho intramolecular Hbond substituents is 2. The Kier molecular flexibility index (Phi) is 13.6. The van der Waals surface area contributed by atoms with Gasteiger partial charge in [-0.05, 0) is 109 Å². The SMILES string of the molecule is CCC(C)(CC)c1cc(C=N[C@H]2CCCC[C@@H]2N=Cc2cc(C(C)(CC)CC)cc(C(C)(CC)CC)c2O)c(O)c(C(C)(CC)CC)c1. The lowest BCUT2D eigenvalue weighted by molar-refractivity contribution is 0.386. The first-order chi connectivity index (χ1) is 22.7. The monoisotopic (exact) mass is 659 g/mol. The lowest BCUT2D eigenvalue weighted by Gasteiger charge is -2.34. The van der Waals surface area contributed by atoms with Gasteiger partial charge in [-0.3, -0.25) is 9.98 Å². The molecule has 0 bridgehead atoms. The van der Waals surface area contributed by atoms with Gasteiger partial charge in [-0.25, -0.2) is 0 Å². The van der Waals surface area contributed by atoms with E-state index < -0.39 is 0 Å². The summed E-state index contributed by atoms with van der Waals surface area (Å²) in [5.41, 5.74) is 6.18. The van der Waals surface area contributed by atoms with Crippen LogP contribution in [0.1, 0.15) is 194 Å². The quantitative estimate of drug-likeness (QED) is 0.176. The minimum Gasteiger partial charge on any atom is -0.507 e. The highest BCUT2D eigenvalue weighted by Gasteiger charge is 2.33. The van der Waals surface area contributed by atoms with Gasteiger partial charge in [0.15, 0.2) is 0 Å². The van der Waals surface area contributed by atoms with Crippen molar-refractivity contribution in [3.05, 3.63) is 57.6 Å². The number of rotatable bonds is 16. The normalized spacial score (nSPS) is 18.3. The van der Waals surface area contributed by atoms with E-state index in [1.807, 2.05) is 12.4 Å². The first-order valence-electron chi connectivity index (χ1n) is 19.5. The van der Waals surface area contributed by atoms with E-state index >= 15 is 0 Å². The zero-order valence-electron chi connectivity index (χ0n) is 32.9. The van der Waals surface area contributed by atoms with E-state index in [0.717, 1.165) is 99.3 Å². The fraction of sp³-hybridized carbons (Fsp3) is 0.682. The molecule has 48 heavy (non-hydrogen) atoms. The van der Waals surface area contributed by atoms with Gasteiger partial charge in [-0.1, -0.05) is 108 Å². The van der Waals surface area contributed by atoms with Crippen molar-refractivity contribution in [2.75, 3.05) is 0 Å². The molecule has 268 valence electrons. The third-order valence-corrected chi connectivity index (χ3v) is 13.7. The molecule has 1 aliphatic carbocycles. The van der Waals surface area contributed by atoms with Crippen LogP contribution in [-0.2, 0) is 21.7 Å². The molecule has 0 amide bonds. The van der Waals surface area contributed by atoms with Crippen LogP contribution in [0.5, 0.6) is 11.5 Å². The summed E-state index contributed by atoms with van der Waals surface area (Å²) in [5, 5.41) is 23.4. The maximum Gasteiger partial charge on any atom is 0.128 e. The lowest BCUT2D eigenvalue weighted by Crippen LogP contribution is -2.27. The van der Waals surface area contributed by atoms with Gasteiger partial charge in [0, 0.05) is 34.7 Å². The van der Waals surface area contributed by atoms with Crippen molar-refractivity contribution < 1.29 is 10.2 Å². The Labute approximate surface area is 295 Å². The maximum absolute atomic E-state index is 11.7. The first kappa shape index (κ1) is 39.8. The zero-order chi connectivity index (χ0) is 35.9. The Bertz CT molecular complexity index is 1300. The standard InChI is InChI=1S/C44H70N2O2/c1-13-41(9,14-2)33-25-31(39(47)35(27-33)43(11,17-5)18-6)29-45-37-23-21-22-24-38(37)46-30-32-26-34(42(10,15-3)16-4)28-36(40(32)48)44(12,19-7)20-8/h25-30,37-38,47-48H,13-24H2,1-12H3/t37-,38-/m0/s1. The molecule has 4 heteroatoms. The minimum atomic E-state index is -0.102. The molecule has 1 saturated carbocycles. The van der Waals surface area contributed by atoms with E-state index in [2.05, 4.69) is 107 Å². The van der Waals surface area contributed by atoms with Gasteiger partial charge >= 0.3 is 0 Å². The molecule has 0 heterocycles. The molecule has 1 aliphatic rings. The van der Waals surface area contributed by atoms with Gasteiger partial charge < -0.3 is 10.2 Å². The van der Waals surface area contributed by atoms with Gasteiger partial charge in [0.25, 0.3) is 0 Å². The number of benzene rings is 2. The second kappa shape index (κ2) is 16.4. The Balaban J connectivity index is 2.10. The highest BCUT2D eigenvalue weighted by atomic mass is 16.3. The second-order valence-electron chi connectivity index (χ2n) is 16.0. The molecular weight excluding hydrogens is 588 g/mol. The smallest absolute Gasteiger partial charge is 0.128 e. The molecule has 0 unspecified atom stereocenters. The average molecular weight is 659 g/mol. The Morgan fingerprint density at radius 3 is 1.08 bits per heavy atom. The van der Waals surface area contributed by atoms with Crippen molar-refractivity contribution in [1.82, 2.24) is 0 Å². The average Bonchev–Trinajstić information content (AvgIpc) is 3.12. The topological polar surface area (TPSA) is 65.2 Å². The predicted octanol–water partition coefficient (Wildman–Crippen LogP) is 12.3. The molecule has 1 fully saturated rings. The highest BCUT2D eigenvalue weighted by Crippen LogP contribution is 2.44. The number of aliphatic imine (C=N–C) groups is 2. The van der Waals surface area contributed by atoms with Gasteiger partial charge in [-0.2, -0.15) is 0 Å². The van der Waals surface area contributed by atoms with Crippen LogP contribution < -0.4 is 0 Å². The fourth-order valence-corrected chi connectivity index (χ4v) is 7.50. The van der Waals surface area contributed by atoms with Crippen molar-refractivity contribution >= 4 is 12.4 Å². The summed E-state index contributed by atoms with van der Waals surface area (Å²) in [7, 11) is 0. The molecule has 0 radical (unpaired) electrons. The lowest BCUT2D eigenvalue weighted by atomic mass is 9.71. The minimum absolute atomic E-state index is 0.0341. The van der Waals surface area contributed by atoms with E-state index in [0.29, 0.717) is 11.5 Å². The predicted molar refractivity (Wildman–Crippen MR) is 209 cm³/mol. The summed E-state index contributed by atoms with van der Waals surface area (Å²) < 4.78 is 0. The number of hydrogen-bond donors (Lipinski definition) is 2. The van der Waals surface area contributed by atoms with E-state index in [1.165, 1.54) is 11.1 Å². The van der Waals surface area contributed by atoms with Gasteiger partial charge in [-0.15, -0.1) is 0 Å². The number of hydrogen-bond acceptors (Lipinski definition) is 4. The number of phenols is 2. The van der Waals surface area contributed by atoms with Crippen molar-refractivity contribution in [2.24, 2.45) is 9.98 Å². The first-order valence-corrected chi connectivity index (χ1v) is 19.5. The third-order valence-electron chi connectivity index (χ3n) is 13.7. The van der Waals surface area contributed by atoms with Crippen LogP contribution in [0.2, 0.25) is 0 Å². The third kappa shape index (κ3) is 8.05. The molecule has 4 nitrogen and oxygen atoms in total. The van der Waals surface area contributed by atoms with Gasteiger partial charge in [0.1, 0.15) is 11.5 Å². The molecule has 0 aromatic heterocycles. The van der Waals surface area contributed by atoms with Crippen LogP contribution in [0.4, 0.5) is 0 Å². The summed E-state index contributed by atoms with van der Waals surface area (Å²) in [6, 6.07) is 8.99. The van der Waals surface area contributed by atoms with Crippen LogP contribution in [0, 0.1) is 0 Å². The van der Waals surface area contributed by atoms with E-state index in [1.54, 1.807) is 0 Å². The fourth-order valence-electron chi connectivity index (χ4n) is 7.50. The summed E-state index contributed by atoms with van der Waals surface area (Å²) in [4.78, 5) is 10.4. The van der Waals surface area contributed by atoms with Gasteiger partial charge in [0.05, 0.1) is 12.1 Å². The summed E-state index contributed by atoms with van der Waals surface area (Å²) in [5.74, 6) is 0.747. The van der Waals surface area contributed by atoms with Crippen molar-refractivity contribution in [1.29, 1.82) is 0 Å². The maximum atomic E-state index is 11.7. The molecular formula is C44H70N2O2. The van der Waals surface area contributed by atoms with Crippen molar-refractivity contribution in [3.63, 3.8) is 0 Å². The summed E-state index contributed by atoms with van der Waals surface area (Å²) in [6.07, 6.45) is 16.1. The van der Waals surface area contributed by atoms with Crippen molar-refractivity contribution in [2.45, 2.75) is 194 Å².